The normalized spacial score (nSPS) is 13.4. The number of anilines is 1. The highest BCUT2D eigenvalue weighted by atomic mass is 16.2. The maximum atomic E-state index is 12.4. The summed E-state index contributed by atoms with van der Waals surface area (Å²) < 4.78 is 0. The van der Waals surface area contributed by atoms with Crippen molar-refractivity contribution in [3.8, 4) is 11.4 Å². The predicted octanol–water partition coefficient (Wildman–Crippen LogP) is 1.92. The van der Waals surface area contributed by atoms with Crippen LogP contribution in [0.4, 0.5) is 5.69 Å². The van der Waals surface area contributed by atoms with Gasteiger partial charge in [0.1, 0.15) is 6.54 Å². The molecule has 8 nitrogen and oxygen atoms in total. The maximum Gasteiger partial charge on any atom is 0.253 e. The molecule has 28 heavy (non-hydrogen) atoms. The highest BCUT2D eigenvalue weighted by molar-refractivity contribution is 5.99. The van der Waals surface area contributed by atoms with Crippen molar-refractivity contribution < 1.29 is 9.59 Å². The van der Waals surface area contributed by atoms with E-state index >= 15 is 0 Å². The Bertz CT molecular complexity index is 1040. The largest absolute Gasteiger partial charge is 0.341 e. The molecule has 2 heterocycles. The fourth-order valence-corrected chi connectivity index (χ4v) is 3.12. The van der Waals surface area contributed by atoms with Gasteiger partial charge in [-0.1, -0.05) is 35.9 Å². The minimum absolute atomic E-state index is 0.0296. The van der Waals surface area contributed by atoms with Crippen LogP contribution in [0.1, 0.15) is 21.5 Å². The molecular weight excluding hydrogens is 356 g/mol. The van der Waals surface area contributed by atoms with E-state index in [1.165, 1.54) is 4.80 Å². The van der Waals surface area contributed by atoms with Gasteiger partial charge in [-0.05, 0) is 36.3 Å². The Hall–Kier alpha value is -3.55. The Balaban J connectivity index is 1.44. The van der Waals surface area contributed by atoms with Crippen molar-refractivity contribution in [1.82, 2.24) is 25.1 Å². The molecule has 0 saturated heterocycles. The van der Waals surface area contributed by atoms with E-state index < -0.39 is 0 Å². The van der Waals surface area contributed by atoms with Crippen LogP contribution in [0.15, 0.2) is 42.5 Å². The first-order valence-corrected chi connectivity index (χ1v) is 9.03. The number of hydrogen-bond acceptors (Lipinski definition) is 5. The van der Waals surface area contributed by atoms with Gasteiger partial charge in [-0.15, -0.1) is 10.2 Å². The van der Waals surface area contributed by atoms with Crippen LogP contribution in [-0.4, -0.2) is 50.5 Å². The molecule has 0 bridgehead atoms. The predicted molar refractivity (Wildman–Crippen MR) is 104 cm³/mol. The molecule has 0 atom stereocenters. The Morgan fingerprint density at radius 1 is 1.18 bits per heavy atom. The van der Waals surface area contributed by atoms with Crippen LogP contribution >= 0.6 is 0 Å². The van der Waals surface area contributed by atoms with Crippen molar-refractivity contribution >= 4 is 17.5 Å². The summed E-state index contributed by atoms with van der Waals surface area (Å²) in [6, 6.07) is 13.2. The van der Waals surface area contributed by atoms with Gasteiger partial charge in [0.15, 0.2) is 0 Å². The lowest BCUT2D eigenvalue weighted by Crippen LogP contribution is -2.34. The van der Waals surface area contributed by atoms with Crippen LogP contribution in [-0.2, 0) is 17.8 Å². The van der Waals surface area contributed by atoms with E-state index in [1.807, 2.05) is 43.3 Å². The third kappa shape index (κ3) is 3.62. The number of aryl methyl sites for hydroxylation is 1. The molecule has 142 valence electrons. The molecule has 4 rings (SSSR count). The lowest BCUT2D eigenvalue weighted by molar-refractivity contribution is -0.117. The number of rotatable bonds is 4. The number of likely N-dealkylation sites (N-methyl/N-ethyl adjacent to an activating group) is 1. The van der Waals surface area contributed by atoms with Gasteiger partial charge < -0.3 is 10.2 Å². The number of fused-ring (bicyclic) bond motifs is 1. The molecular formula is C20H20N6O2. The zero-order chi connectivity index (χ0) is 19.7. The molecule has 2 amide bonds. The topological polar surface area (TPSA) is 93.0 Å². The number of carbonyl (C=O) groups excluding carboxylic acids is 2. The number of carbonyl (C=O) groups is 2. The number of benzene rings is 2. The molecule has 1 aliphatic heterocycles. The SMILES string of the molecule is Cc1ccc(-c2nnn(CC(=O)Nc3ccc4c(c3)C(=O)N(C)CC4)n2)cc1. The highest BCUT2D eigenvalue weighted by Gasteiger charge is 2.22. The van der Waals surface area contributed by atoms with E-state index in [4.69, 9.17) is 0 Å². The first-order chi connectivity index (χ1) is 13.5. The third-order valence-corrected chi connectivity index (χ3v) is 4.73. The molecule has 0 radical (unpaired) electrons. The molecule has 0 fully saturated rings. The molecule has 0 aliphatic carbocycles. The van der Waals surface area contributed by atoms with Gasteiger partial charge in [0.2, 0.25) is 11.7 Å². The van der Waals surface area contributed by atoms with E-state index in [9.17, 15) is 9.59 Å². The zero-order valence-electron chi connectivity index (χ0n) is 15.7. The molecule has 0 unspecified atom stereocenters. The minimum atomic E-state index is -0.288. The van der Waals surface area contributed by atoms with E-state index in [-0.39, 0.29) is 18.4 Å². The summed E-state index contributed by atoms with van der Waals surface area (Å²) in [5, 5.41) is 15.0. The fraction of sp³-hybridized carbons (Fsp3) is 0.250. The van der Waals surface area contributed by atoms with Crippen molar-refractivity contribution in [2.24, 2.45) is 0 Å². The standard InChI is InChI=1S/C20H20N6O2/c1-13-3-5-15(6-4-13)19-22-24-26(23-19)12-18(27)21-16-8-7-14-9-10-25(2)20(28)17(14)11-16/h3-8,11H,9-10,12H2,1-2H3,(H,21,27). The molecule has 2 aromatic carbocycles. The van der Waals surface area contributed by atoms with E-state index in [0.29, 0.717) is 23.6 Å². The second kappa shape index (κ2) is 7.22. The van der Waals surface area contributed by atoms with Gasteiger partial charge in [-0.25, -0.2) is 0 Å². The second-order valence-corrected chi connectivity index (χ2v) is 6.91. The molecule has 3 aromatic rings. The van der Waals surface area contributed by atoms with Crippen LogP contribution in [0.5, 0.6) is 0 Å². The first kappa shape index (κ1) is 17.8. The van der Waals surface area contributed by atoms with Crippen LogP contribution < -0.4 is 5.32 Å². The summed E-state index contributed by atoms with van der Waals surface area (Å²) in [6.07, 6.45) is 0.816. The van der Waals surface area contributed by atoms with Gasteiger partial charge >= 0.3 is 0 Å². The molecule has 1 N–H and O–H groups in total. The van der Waals surface area contributed by atoms with Crippen molar-refractivity contribution in [1.29, 1.82) is 0 Å². The van der Waals surface area contributed by atoms with Crippen molar-refractivity contribution in [2.45, 2.75) is 19.9 Å². The Kier molecular flexibility index (Phi) is 4.60. The number of hydrogen-bond donors (Lipinski definition) is 1. The summed E-state index contributed by atoms with van der Waals surface area (Å²) in [7, 11) is 1.78. The molecule has 1 aromatic heterocycles. The average molecular weight is 376 g/mol. The third-order valence-electron chi connectivity index (χ3n) is 4.73. The number of aromatic nitrogens is 4. The monoisotopic (exact) mass is 376 g/mol. The number of tetrazole rings is 1. The number of nitrogens with one attached hydrogen (secondary N) is 1. The van der Waals surface area contributed by atoms with Crippen LogP contribution in [0.3, 0.4) is 0 Å². The second-order valence-electron chi connectivity index (χ2n) is 6.91. The van der Waals surface area contributed by atoms with Crippen molar-refractivity contribution in [3.63, 3.8) is 0 Å². The summed E-state index contributed by atoms with van der Waals surface area (Å²) in [5.41, 5.74) is 4.19. The zero-order valence-corrected chi connectivity index (χ0v) is 15.7. The first-order valence-electron chi connectivity index (χ1n) is 9.03. The molecule has 0 saturated carbocycles. The summed E-state index contributed by atoms with van der Waals surface area (Å²) in [4.78, 5) is 27.6. The Morgan fingerprint density at radius 2 is 1.96 bits per heavy atom. The smallest absolute Gasteiger partial charge is 0.253 e. The molecule has 8 heteroatoms. The van der Waals surface area contributed by atoms with Crippen molar-refractivity contribution in [3.05, 3.63) is 59.2 Å². The summed E-state index contributed by atoms with van der Waals surface area (Å²) >= 11 is 0. The number of amides is 2. The molecule has 0 spiro atoms. The maximum absolute atomic E-state index is 12.4. The summed E-state index contributed by atoms with van der Waals surface area (Å²) in [5.74, 6) is 0.151. The quantitative estimate of drug-likeness (QED) is 0.751. The van der Waals surface area contributed by atoms with Crippen LogP contribution in [0.2, 0.25) is 0 Å². The van der Waals surface area contributed by atoms with Gasteiger partial charge in [-0.3, -0.25) is 9.59 Å². The molecule has 1 aliphatic rings. The number of nitrogens with zero attached hydrogens (tertiary/aromatic N) is 5. The highest BCUT2D eigenvalue weighted by Crippen LogP contribution is 2.22. The van der Waals surface area contributed by atoms with Crippen LogP contribution in [0, 0.1) is 6.92 Å². The van der Waals surface area contributed by atoms with Gasteiger partial charge in [0.05, 0.1) is 0 Å². The minimum Gasteiger partial charge on any atom is -0.341 e. The van der Waals surface area contributed by atoms with Gasteiger partial charge in [-0.2, -0.15) is 4.80 Å². The Labute approximate surface area is 162 Å². The van der Waals surface area contributed by atoms with Crippen LogP contribution in [0.25, 0.3) is 11.4 Å². The van der Waals surface area contributed by atoms with E-state index in [0.717, 1.165) is 23.1 Å². The lowest BCUT2D eigenvalue weighted by atomic mass is 9.99. The average Bonchev–Trinajstić information content (AvgIpc) is 3.14. The van der Waals surface area contributed by atoms with Crippen molar-refractivity contribution in [2.75, 3.05) is 18.9 Å². The van der Waals surface area contributed by atoms with Gasteiger partial charge in [0.25, 0.3) is 5.91 Å². The van der Waals surface area contributed by atoms with E-state index in [2.05, 4.69) is 20.7 Å². The fourth-order valence-electron chi connectivity index (χ4n) is 3.12. The van der Waals surface area contributed by atoms with Gasteiger partial charge in [0, 0.05) is 30.4 Å². The van der Waals surface area contributed by atoms with E-state index in [1.54, 1.807) is 18.0 Å². The Morgan fingerprint density at radius 3 is 2.75 bits per heavy atom. The summed E-state index contributed by atoms with van der Waals surface area (Å²) in [6.45, 7) is 2.65. The lowest BCUT2D eigenvalue weighted by Gasteiger charge is -2.25.